The number of piperazine rings is 1. The summed E-state index contributed by atoms with van der Waals surface area (Å²) in [6.07, 6.45) is 0. The summed E-state index contributed by atoms with van der Waals surface area (Å²) in [4.78, 5) is 4.71. The molecule has 1 aromatic carbocycles. The molecule has 3 rings (SSSR count). The Morgan fingerprint density at radius 3 is 2.35 bits per heavy atom. The van der Waals surface area contributed by atoms with Gasteiger partial charge in [-0.15, -0.1) is 10.2 Å². The van der Waals surface area contributed by atoms with E-state index >= 15 is 0 Å². The maximum absolute atomic E-state index is 4.22. The van der Waals surface area contributed by atoms with Gasteiger partial charge in [0.1, 0.15) is 4.60 Å². The Morgan fingerprint density at radius 1 is 0.950 bits per heavy atom. The molecule has 0 saturated carbocycles. The van der Waals surface area contributed by atoms with Gasteiger partial charge in [0.25, 0.3) is 0 Å². The van der Waals surface area contributed by atoms with Crippen molar-refractivity contribution < 1.29 is 0 Å². The number of hydrogen-bond donors (Lipinski definition) is 0. The van der Waals surface area contributed by atoms with Crippen LogP contribution in [0.4, 0.5) is 11.5 Å². The molecule has 1 aliphatic rings. The van der Waals surface area contributed by atoms with Crippen LogP contribution in [0.1, 0.15) is 5.56 Å². The lowest BCUT2D eigenvalue weighted by atomic mass is 10.2. The van der Waals surface area contributed by atoms with E-state index in [0.29, 0.717) is 0 Å². The van der Waals surface area contributed by atoms with Crippen LogP contribution in [0.2, 0.25) is 0 Å². The minimum atomic E-state index is 0.777. The average Bonchev–Trinajstić information content (AvgIpc) is 2.48. The maximum atomic E-state index is 4.22. The number of aryl methyl sites for hydroxylation is 1. The number of rotatable bonds is 2. The molecule has 0 N–H and O–H groups in total. The summed E-state index contributed by atoms with van der Waals surface area (Å²) in [7, 11) is 0. The third kappa shape index (κ3) is 2.93. The summed E-state index contributed by atoms with van der Waals surface area (Å²) in [5, 5.41) is 8.28. The van der Waals surface area contributed by atoms with Crippen LogP contribution in [0.3, 0.4) is 0 Å². The molecule has 2 aromatic rings. The molecule has 1 aromatic heterocycles. The molecule has 0 spiro atoms. The Morgan fingerprint density at radius 2 is 1.70 bits per heavy atom. The van der Waals surface area contributed by atoms with Crippen molar-refractivity contribution >= 4 is 27.4 Å². The summed E-state index contributed by atoms with van der Waals surface area (Å²) in [5.41, 5.74) is 2.62. The van der Waals surface area contributed by atoms with Gasteiger partial charge in [0.05, 0.1) is 0 Å². The van der Waals surface area contributed by atoms with E-state index in [-0.39, 0.29) is 0 Å². The molecule has 0 radical (unpaired) electrons. The predicted molar refractivity (Wildman–Crippen MR) is 85.3 cm³/mol. The van der Waals surface area contributed by atoms with Crippen LogP contribution in [0.15, 0.2) is 41.0 Å². The van der Waals surface area contributed by atoms with Gasteiger partial charge in [0, 0.05) is 31.9 Å². The highest BCUT2D eigenvalue weighted by Crippen LogP contribution is 2.20. The van der Waals surface area contributed by atoms with Crippen LogP contribution < -0.4 is 9.80 Å². The van der Waals surface area contributed by atoms with Crippen molar-refractivity contribution in [3.8, 4) is 0 Å². The zero-order valence-electron chi connectivity index (χ0n) is 11.5. The molecule has 104 valence electrons. The first-order valence-electron chi connectivity index (χ1n) is 6.78. The van der Waals surface area contributed by atoms with E-state index in [4.69, 9.17) is 0 Å². The SMILES string of the molecule is Cc1cccc(N2CCN(c3ccc(Br)nn3)CC2)c1. The predicted octanol–water partition coefficient (Wildman–Crippen LogP) is 2.87. The summed E-state index contributed by atoms with van der Waals surface area (Å²) < 4.78 is 0.777. The standard InChI is InChI=1S/C15H17BrN4/c1-12-3-2-4-13(11-12)19-7-9-20(10-8-19)15-6-5-14(16)17-18-15/h2-6,11H,7-10H2,1H3. The molecule has 20 heavy (non-hydrogen) atoms. The van der Waals surface area contributed by atoms with Crippen molar-refractivity contribution in [2.24, 2.45) is 0 Å². The van der Waals surface area contributed by atoms with E-state index in [0.717, 1.165) is 36.6 Å². The lowest BCUT2D eigenvalue weighted by Crippen LogP contribution is -2.46. The Hall–Kier alpha value is -1.62. The average molecular weight is 333 g/mol. The maximum Gasteiger partial charge on any atom is 0.151 e. The molecule has 1 fully saturated rings. The molecular weight excluding hydrogens is 316 g/mol. The molecule has 0 atom stereocenters. The number of anilines is 2. The molecule has 0 aliphatic carbocycles. The second-order valence-electron chi connectivity index (χ2n) is 5.03. The molecule has 0 bridgehead atoms. The van der Waals surface area contributed by atoms with Crippen molar-refractivity contribution in [2.45, 2.75) is 6.92 Å². The third-order valence-corrected chi connectivity index (χ3v) is 4.01. The molecule has 1 aliphatic heterocycles. The number of nitrogens with zero attached hydrogens (tertiary/aromatic N) is 4. The third-order valence-electron chi connectivity index (χ3n) is 3.59. The Balaban J connectivity index is 1.66. The van der Waals surface area contributed by atoms with E-state index in [1.165, 1.54) is 11.3 Å². The van der Waals surface area contributed by atoms with Gasteiger partial charge in [-0.05, 0) is 52.7 Å². The second kappa shape index (κ2) is 5.79. The Kier molecular flexibility index (Phi) is 3.87. The van der Waals surface area contributed by atoms with Crippen LogP contribution >= 0.6 is 15.9 Å². The van der Waals surface area contributed by atoms with E-state index in [1.54, 1.807) is 0 Å². The van der Waals surface area contributed by atoms with Crippen LogP contribution in [0, 0.1) is 6.92 Å². The highest BCUT2D eigenvalue weighted by atomic mass is 79.9. The van der Waals surface area contributed by atoms with Gasteiger partial charge in [-0.3, -0.25) is 0 Å². The van der Waals surface area contributed by atoms with Crippen molar-refractivity contribution in [3.05, 3.63) is 46.6 Å². The van der Waals surface area contributed by atoms with Gasteiger partial charge in [0.2, 0.25) is 0 Å². The summed E-state index contributed by atoms with van der Waals surface area (Å²) in [6.45, 7) is 6.12. The number of hydrogen-bond acceptors (Lipinski definition) is 4. The molecule has 4 nitrogen and oxygen atoms in total. The van der Waals surface area contributed by atoms with E-state index in [1.807, 2.05) is 12.1 Å². The van der Waals surface area contributed by atoms with Crippen molar-refractivity contribution in [2.75, 3.05) is 36.0 Å². The van der Waals surface area contributed by atoms with Crippen LogP contribution in [0.25, 0.3) is 0 Å². The first kappa shape index (κ1) is 13.4. The number of halogens is 1. The zero-order valence-corrected chi connectivity index (χ0v) is 13.0. The minimum Gasteiger partial charge on any atom is -0.368 e. The number of aromatic nitrogens is 2. The van der Waals surface area contributed by atoms with E-state index in [9.17, 15) is 0 Å². The molecule has 5 heteroatoms. The van der Waals surface area contributed by atoms with Gasteiger partial charge in [0.15, 0.2) is 5.82 Å². The lowest BCUT2D eigenvalue weighted by molar-refractivity contribution is 0.643. The second-order valence-corrected chi connectivity index (χ2v) is 5.84. The fourth-order valence-electron chi connectivity index (χ4n) is 2.50. The number of benzene rings is 1. The molecule has 2 heterocycles. The van der Waals surface area contributed by atoms with Crippen molar-refractivity contribution in [3.63, 3.8) is 0 Å². The fourth-order valence-corrected chi connectivity index (χ4v) is 2.71. The Bertz CT molecular complexity index is 577. The monoisotopic (exact) mass is 332 g/mol. The van der Waals surface area contributed by atoms with Crippen molar-refractivity contribution in [1.82, 2.24) is 10.2 Å². The first-order chi connectivity index (χ1) is 9.72. The minimum absolute atomic E-state index is 0.777. The van der Waals surface area contributed by atoms with Crippen LogP contribution in [0.5, 0.6) is 0 Å². The highest BCUT2D eigenvalue weighted by Gasteiger charge is 2.18. The van der Waals surface area contributed by atoms with Gasteiger partial charge >= 0.3 is 0 Å². The van der Waals surface area contributed by atoms with Gasteiger partial charge in [-0.25, -0.2) is 0 Å². The Labute approximate surface area is 127 Å². The molecule has 0 unspecified atom stereocenters. The van der Waals surface area contributed by atoms with Crippen LogP contribution in [-0.4, -0.2) is 36.4 Å². The summed E-state index contributed by atoms with van der Waals surface area (Å²) in [5.74, 6) is 0.956. The summed E-state index contributed by atoms with van der Waals surface area (Å²) in [6, 6.07) is 12.6. The molecule has 1 saturated heterocycles. The zero-order chi connectivity index (χ0) is 13.9. The van der Waals surface area contributed by atoms with Crippen LogP contribution in [-0.2, 0) is 0 Å². The molecule has 0 amide bonds. The van der Waals surface area contributed by atoms with Gasteiger partial charge < -0.3 is 9.80 Å². The molecular formula is C15H17BrN4. The largest absolute Gasteiger partial charge is 0.368 e. The van der Waals surface area contributed by atoms with Gasteiger partial charge in [-0.2, -0.15) is 0 Å². The highest BCUT2D eigenvalue weighted by molar-refractivity contribution is 9.10. The van der Waals surface area contributed by atoms with E-state index < -0.39 is 0 Å². The summed E-state index contributed by atoms with van der Waals surface area (Å²) >= 11 is 3.32. The van der Waals surface area contributed by atoms with Crippen molar-refractivity contribution in [1.29, 1.82) is 0 Å². The normalized spacial score (nSPS) is 15.5. The topological polar surface area (TPSA) is 32.3 Å². The fraction of sp³-hybridized carbons (Fsp3) is 0.333. The first-order valence-corrected chi connectivity index (χ1v) is 7.57. The lowest BCUT2D eigenvalue weighted by Gasteiger charge is -2.36. The van der Waals surface area contributed by atoms with E-state index in [2.05, 4.69) is 67.1 Å². The smallest absolute Gasteiger partial charge is 0.151 e. The quantitative estimate of drug-likeness (QED) is 0.846. The van der Waals surface area contributed by atoms with Gasteiger partial charge in [-0.1, -0.05) is 12.1 Å².